The first kappa shape index (κ1) is 30.7. The van der Waals surface area contributed by atoms with E-state index in [4.69, 9.17) is 18.8 Å². The van der Waals surface area contributed by atoms with Crippen LogP contribution in [0.15, 0.2) is 191 Å². The maximum Gasteiger partial charge on any atom is 0.227 e. The highest BCUT2D eigenvalue weighted by Crippen LogP contribution is 2.39. The number of fused-ring (bicyclic) bond motifs is 8. The summed E-state index contributed by atoms with van der Waals surface area (Å²) in [6, 6.07) is 63.6. The molecule has 56 heavy (non-hydrogen) atoms. The molecule has 0 bridgehead atoms. The summed E-state index contributed by atoms with van der Waals surface area (Å²) in [4.78, 5) is 9.63. The fourth-order valence-corrected chi connectivity index (χ4v) is 8.37. The predicted molar refractivity (Wildman–Crippen MR) is 227 cm³/mol. The van der Waals surface area contributed by atoms with E-state index in [1.54, 1.807) is 0 Å². The van der Waals surface area contributed by atoms with Gasteiger partial charge in [-0.25, -0.2) is 9.97 Å². The minimum atomic E-state index is 0.595. The molecular formula is C50H30N4O2. The summed E-state index contributed by atoms with van der Waals surface area (Å²) in [7, 11) is 0. The Morgan fingerprint density at radius 3 is 1.34 bits per heavy atom. The smallest absolute Gasteiger partial charge is 0.227 e. The van der Waals surface area contributed by atoms with Crippen LogP contribution < -0.4 is 0 Å². The largest absolute Gasteiger partial charge is 0.436 e. The van der Waals surface area contributed by atoms with Gasteiger partial charge in [-0.05, 0) is 114 Å². The zero-order chi connectivity index (χ0) is 36.7. The molecular weight excluding hydrogens is 689 g/mol. The van der Waals surface area contributed by atoms with Crippen LogP contribution in [-0.4, -0.2) is 19.1 Å². The minimum Gasteiger partial charge on any atom is -0.436 e. The summed E-state index contributed by atoms with van der Waals surface area (Å²) in [5.41, 5.74) is 14.2. The molecule has 0 fully saturated rings. The molecule has 0 radical (unpaired) electrons. The maximum atomic E-state index is 6.22. The van der Waals surface area contributed by atoms with Crippen LogP contribution >= 0.6 is 0 Å². The molecule has 0 aliphatic rings. The van der Waals surface area contributed by atoms with Gasteiger partial charge in [0.15, 0.2) is 11.2 Å². The van der Waals surface area contributed by atoms with Crippen LogP contribution in [0, 0.1) is 0 Å². The van der Waals surface area contributed by atoms with Crippen molar-refractivity contribution < 1.29 is 8.83 Å². The van der Waals surface area contributed by atoms with Gasteiger partial charge in [-0.1, -0.05) is 78.9 Å². The van der Waals surface area contributed by atoms with Crippen molar-refractivity contribution in [2.45, 2.75) is 0 Å². The molecule has 0 saturated carbocycles. The Morgan fingerprint density at radius 2 is 0.750 bits per heavy atom. The molecule has 0 amide bonds. The number of aromatic nitrogens is 4. The Labute approximate surface area is 320 Å². The van der Waals surface area contributed by atoms with E-state index in [1.165, 1.54) is 27.4 Å². The van der Waals surface area contributed by atoms with Gasteiger partial charge in [0, 0.05) is 44.0 Å². The molecule has 0 unspecified atom stereocenters. The molecule has 262 valence electrons. The van der Waals surface area contributed by atoms with Crippen molar-refractivity contribution in [3.63, 3.8) is 0 Å². The van der Waals surface area contributed by atoms with E-state index < -0.39 is 0 Å². The summed E-state index contributed by atoms with van der Waals surface area (Å²) in [5, 5.41) is 4.64. The average Bonchev–Trinajstić information content (AvgIpc) is 4.04. The number of nitrogens with zero attached hydrogens (tertiary/aromatic N) is 4. The monoisotopic (exact) mass is 718 g/mol. The van der Waals surface area contributed by atoms with Crippen molar-refractivity contribution in [3.05, 3.63) is 182 Å². The second-order valence-corrected chi connectivity index (χ2v) is 14.2. The molecule has 0 aliphatic heterocycles. The van der Waals surface area contributed by atoms with E-state index in [2.05, 4.69) is 143 Å². The summed E-state index contributed by atoms with van der Waals surface area (Å²) in [6.07, 6.45) is 0. The predicted octanol–water partition coefficient (Wildman–Crippen LogP) is 13.2. The molecule has 0 N–H and O–H groups in total. The molecule has 0 spiro atoms. The first-order chi connectivity index (χ1) is 27.7. The van der Waals surface area contributed by atoms with Crippen LogP contribution in [0.2, 0.25) is 0 Å². The van der Waals surface area contributed by atoms with Gasteiger partial charge >= 0.3 is 0 Å². The molecule has 8 aromatic carbocycles. The van der Waals surface area contributed by atoms with Crippen molar-refractivity contribution >= 4 is 65.8 Å². The van der Waals surface area contributed by atoms with Crippen LogP contribution in [0.25, 0.3) is 111 Å². The Morgan fingerprint density at radius 1 is 0.321 bits per heavy atom. The van der Waals surface area contributed by atoms with Gasteiger partial charge in [0.1, 0.15) is 11.0 Å². The standard InChI is InChI=1S/C50H30N4O2/c1-2-10-35(11-3-1)53-43-15-7-4-12-37(43)38-28-32(20-25-44(38)53)31-18-23-36(24-19-31)54-45-26-21-33(49-51-41-13-5-8-16-47(41)55-49)29-39(45)40-30-34(22-27-46(40)54)50-52-42-14-6-9-17-48(42)56-50/h1-30H. The Kier molecular flexibility index (Phi) is 6.53. The molecule has 0 atom stereocenters. The van der Waals surface area contributed by atoms with Crippen molar-refractivity contribution in [1.82, 2.24) is 19.1 Å². The van der Waals surface area contributed by atoms with Gasteiger partial charge in [0.05, 0.1) is 22.1 Å². The first-order valence-electron chi connectivity index (χ1n) is 18.7. The lowest BCUT2D eigenvalue weighted by Crippen LogP contribution is -1.94. The van der Waals surface area contributed by atoms with Crippen molar-refractivity contribution in [3.8, 4) is 45.4 Å². The molecule has 4 aromatic heterocycles. The Hall–Kier alpha value is -7.70. The maximum absolute atomic E-state index is 6.22. The Bertz CT molecular complexity index is 3280. The third-order valence-electron chi connectivity index (χ3n) is 11.0. The normalized spacial score (nSPS) is 11.9. The number of hydrogen-bond donors (Lipinski definition) is 0. The fourth-order valence-electron chi connectivity index (χ4n) is 8.37. The lowest BCUT2D eigenvalue weighted by atomic mass is 10.0. The van der Waals surface area contributed by atoms with Crippen LogP contribution in [0.1, 0.15) is 0 Å². The van der Waals surface area contributed by atoms with Crippen LogP contribution in [0.3, 0.4) is 0 Å². The van der Waals surface area contributed by atoms with Crippen molar-refractivity contribution in [2.75, 3.05) is 0 Å². The van der Waals surface area contributed by atoms with E-state index in [-0.39, 0.29) is 0 Å². The number of para-hydroxylation sites is 6. The van der Waals surface area contributed by atoms with Gasteiger partial charge in [0.2, 0.25) is 11.8 Å². The minimum absolute atomic E-state index is 0.595. The number of hydrogen-bond acceptors (Lipinski definition) is 4. The summed E-state index contributed by atoms with van der Waals surface area (Å²) in [6.45, 7) is 0. The molecule has 4 heterocycles. The molecule has 12 aromatic rings. The molecule has 6 nitrogen and oxygen atoms in total. The van der Waals surface area contributed by atoms with E-state index in [0.717, 1.165) is 72.1 Å². The van der Waals surface area contributed by atoms with Crippen LogP contribution in [0.4, 0.5) is 0 Å². The van der Waals surface area contributed by atoms with Crippen molar-refractivity contribution in [2.24, 2.45) is 0 Å². The van der Waals surface area contributed by atoms with E-state index in [9.17, 15) is 0 Å². The quantitative estimate of drug-likeness (QED) is 0.178. The SMILES string of the molecule is c1ccc(-n2c3ccccc3c3cc(-c4ccc(-n5c6ccc(-c7nc8ccccc8o7)cc6c6cc(-c7nc8ccccc8o7)ccc65)cc4)ccc32)cc1. The van der Waals surface area contributed by atoms with E-state index in [0.29, 0.717) is 11.8 Å². The topological polar surface area (TPSA) is 61.9 Å². The average molecular weight is 719 g/mol. The molecule has 12 rings (SSSR count). The van der Waals surface area contributed by atoms with Gasteiger partial charge in [0.25, 0.3) is 0 Å². The third kappa shape index (κ3) is 4.69. The number of benzene rings is 8. The van der Waals surface area contributed by atoms with Crippen LogP contribution in [0.5, 0.6) is 0 Å². The van der Waals surface area contributed by atoms with Crippen molar-refractivity contribution in [1.29, 1.82) is 0 Å². The number of oxazole rings is 2. The summed E-state index contributed by atoms with van der Waals surface area (Å²) >= 11 is 0. The van der Waals surface area contributed by atoms with Crippen LogP contribution in [-0.2, 0) is 0 Å². The van der Waals surface area contributed by atoms with E-state index >= 15 is 0 Å². The zero-order valence-electron chi connectivity index (χ0n) is 29.9. The Balaban J connectivity index is 0.998. The molecule has 0 aliphatic carbocycles. The highest BCUT2D eigenvalue weighted by molar-refractivity contribution is 6.12. The molecule has 0 saturated heterocycles. The molecule has 6 heteroatoms. The second kappa shape index (κ2) is 11.9. The summed E-state index contributed by atoms with van der Waals surface area (Å²) in [5.74, 6) is 1.19. The highest BCUT2D eigenvalue weighted by Gasteiger charge is 2.19. The van der Waals surface area contributed by atoms with Gasteiger partial charge in [-0.15, -0.1) is 0 Å². The lowest BCUT2D eigenvalue weighted by molar-refractivity contribution is 0.619. The first-order valence-corrected chi connectivity index (χ1v) is 18.7. The number of rotatable bonds is 5. The fraction of sp³-hybridized carbons (Fsp3) is 0. The third-order valence-corrected chi connectivity index (χ3v) is 11.0. The summed E-state index contributed by atoms with van der Waals surface area (Å²) < 4.78 is 17.1. The second-order valence-electron chi connectivity index (χ2n) is 14.2. The van der Waals surface area contributed by atoms with Gasteiger partial charge in [-0.2, -0.15) is 0 Å². The lowest BCUT2D eigenvalue weighted by Gasteiger charge is -2.10. The van der Waals surface area contributed by atoms with E-state index in [1.807, 2.05) is 48.5 Å². The van der Waals surface area contributed by atoms with Gasteiger partial charge in [-0.3, -0.25) is 0 Å². The van der Waals surface area contributed by atoms with Gasteiger partial charge < -0.3 is 18.0 Å². The highest BCUT2D eigenvalue weighted by atomic mass is 16.4. The zero-order valence-corrected chi connectivity index (χ0v) is 29.9.